The third-order valence-corrected chi connectivity index (χ3v) is 2.57. The first-order chi connectivity index (χ1) is 9.65. The number of methoxy groups -OCH3 is 1. The van der Waals surface area contributed by atoms with Gasteiger partial charge in [-0.3, -0.25) is 10.1 Å². The number of benzene rings is 1. The zero-order chi connectivity index (χ0) is 14.5. The number of rotatable bonds is 5. The van der Waals surface area contributed by atoms with E-state index in [1.165, 1.54) is 19.2 Å². The molecule has 0 amide bonds. The van der Waals surface area contributed by atoms with E-state index >= 15 is 0 Å². The summed E-state index contributed by atoms with van der Waals surface area (Å²) >= 11 is 0. The molecule has 0 aliphatic heterocycles. The topological polar surface area (TPSA) is 86.5 Å². The number of aromatic nitrogens is 1. The van der Waals surface area contributed by atoms with Gasteiger partial charge in [-0.1, -0.05) is 12.1 Å². The van der Waals surface area contributed by atoms with Gasteiger partial charge in [0.05, 0.1) is 12.0 Å². The second-order valence-corrected chi connectivity index (χ2v) is 3.78. The fraction of sp³-hybridized carbons (Fsp3) is 0.154. The van der Waals surface area contributed by atoms with Crippen LogP contribution in [0.15, 0.2) is 36.4 Å². The average molecular weight is 275 g/mol. The van der Waals surface area contributed by atoms with Crippen molar-refractivity contribution >= 4 is 11.5 Å². The Labute approximate surface area is 115 Å². The van der Waals surface area contributed by atoms with Gasteiger partial charge in [-0.25, -0.2) is 0 Å². The van der Waals surface area contributed by atoms with Crippen LogP contribution in [0, 0.1) is 10.1 Å². The largest absolute Gasteiger partial charge is 0.493 e. The summed E-state index contributed by atoms with van der Waals surface area (Å²) in [6.07, 6.45) is 0. The maximum atomic E-state index is 11.0. The molecule has 0 radical (unpaired) electrons. The van der Waals surface area contributed by atoms with Gasteiger partial charge in [0.1, 0.15) is 5.82 Å². The van der Waals surface area contributed by atoms with Crippen LogP contribution in [0.3, 0.4) is 0 Å². The Morgan fingerprint density at radius 3 is 2.50 bits per heavy atom. The molecule has 0 bridgehead atoms. The molecule has 1 heterocycles. The molecule has 104 valence electrons. The van der Waals surface area contributed by atoms with Crippen LogP contribution in [0.4, 0.5) is 11.5 Å². The number of nitrogens with one attached hydrogen (secondary N) is 1. The van der Waals surface area contributed by atoms with E-state index in [1.807, 2.05) is 0 Å². The van der Waals surface area contributed by atoms with Gasteiger partial charge in [0.15, 0.2) is 11.5 Å². The fourth-order valence-electron chi connectivity index (χ4n) is 1.59. The van der Waals surface area contributed by atoms with E-state index in [1.54, 1.807) is 31.3 Å². The van der Waals surface area contributed by atoms with Crippen molar-refractivity contribution in [2.75, 3.05) is 19.5 Å². The second-order valence-electron chi connectivity index (χ2n) is 3.78. The minimum atomic E-state index is -0.544. The van der Waals surface area contributed by atoms with Crippen LogP contribution in [0.2, 0.25) is 0 Å². The predicted octanol–water partition coefficient (Wildman–Crippen LogP) is 2.83. The summed E-state index contributed by atoms with van der Waals surface area (Å²) in [5.74, 6) is 1.21. The number of hydrogen-bond donors (Lipinski definition) is 1. The number of anilines is 1. The lowest BCUT2D eigenvalue weighted by Crippen LogP contribution is -2.00. The van der Waals surface area contributed by atoms with Crippen molar-refractivity contribution in [1.82, 2.24) is 4.98 Å². The van der Waals surface area contributed by atoms with E-state index in [0.29, 0.717) is 17.3 Å². The molecule has 7 heteroatoms. The van der Waals surface area contributed by atoms with Crippen LogP contribution in [-0.4, -0.2) is 24.1 Å². The van der Waals surface area contributed by atoms with Gasteiger partial charge in [-0.05, 0) is 18.2 Å². The minimum absolute atomic E-state index is 0.0913. The molecule has 0 atom stereocenters. The lowest BCUT2D eigenvalue weighted by Gasteiger charge is -2.10. The third kappa shape index (κ3) is 2.77. The number of nitro groups is 1. The lowest BCUT2D eigenvalue weighted by molar-refractivity contribution is -0.386. The highest BCUT2D eigenvalue weighted by atomic mass is 16.6. The molecule has 0 aliphatic rings. The van der Waals surface area contributed by atoms with Crippen molar-refractivity contribution in [3.8, 4) is 17.4 Å². The van der Waals surface area contributed by atoms with Crippen molar-refractivity contribution in [3.63, 3.8) is 0 Å². The van der Waals surface area contributed by atoms with Gasteiger partial charge in [-0.15, -0.1) is 0 Å². The molecular weight excluding hydrogens is 262 g/mol. The summed E-state index contributed by atoms with van der Waals surface area (Å²) in [5, 5.41) is 13.8. The molecule has 0 unspecified atom stereocenters. The highest BCUT2D eigenvalue weighted by Crippen LogP contribution is 2.35. The first-order valence-electron chi connectivity index (χ1n) is 5.79. The molecule has 0 aliphatic carbocycles. The Bertz CT molecular complexity index is 631. The highest BCUT2D eigenvalue weighted by molar-refractivity contribution is 5.51. The fourth-order valence-corrected chi connectivity index (χ4v) is 1.59. The Kier molecular flexibility index (Phi) is 3.99. The molecule has 7 nitrogen and oxygen atoms in total. The second kappa shape index (κ2) is 5.87. The zero-order valence-corrected chi connectivity index (χ0v) is 11.0. The van der Waals surface area contributed by atoms with Gasteiger partial charge in [0, 0.05) is 13.1 Å². The number of para-hydroxylation sites is 2. The highest BCUT2D eigenvalue weighted by Gasteiger charge is 2.19. The average Bonchev–Trinajstić information content (AvgIpc) is 2.47. The molecule has 20 heavy (non-hydrogen) atoms. The normalized spacial score (nSPS) is 9.90. The molecule has 1 aromatic heterocycles. The zero-order valence-electron chi connectivity index (χ0n) is 11.0. The van der Waals surface area contributed by atoms with Crippen molar-refractivity contribution in [3.05, 3.63) is 46.5 Å². The first kappa shape index (κ1) is 13.6. The number of hydrogen-bond acceptors (Lipinski definition) is 6. The van der Waals surface area contributed by atoms with Gasteiger partial charge in [0.25, 0.3) is 0 Å². The van der Waals surface area contributed by atoms with Crippen molar-refractivity contribution < 1.29 is 14.4 Å². The number of ether oxygens (including phenoxy) is 2. The molecule has 2 rings (SSSR count). The van der Waals surface area contributed by atoms with Gasteiger partial charge < -0.3 is 14.8 Å². The summed E-state index contributed by atoms with van der Waals surface area (Å²) < 4.78 is 10.7. The van der Waals surface area contributed by atoms with Crippen LogP contribution in [-0.2, 0) is 0 Å². The monoisotopic (exact) mass is 275 g/mol. The standard InChI is InChI=1S/C13H13N3O4/c1-14-12-8-7-9(16(17)18)13(15-12)20-11-6-4-3-5-10(11)19-2/h3-8H,1-2H3,(H,14,15). The van der Waals surface area contributed by atoms with Crippen LogP contribution in [0.5, 0.6) is 17.4 Å². The van der Waals surface area contributed by atoms with E-state index in [-0.39, 0.29) is 11.6 Å². The maximum absolute atomic E-state index is 11.0. The van der Waals surface area contributed by atoms with Gasteiger partial charge in [0.2, 0.25) is 0 Å². The summed E-state index contributed by atoms with van der Waals surface area (Å²) in [5.41, 5.74) is -0.213. The maximum Gasteiger partial charge on any atom is 0.331 e. The molecule has 0 fully saturated rings. The van der Waals surface area contributed by atoms with E-state index in [0.717, 1.165) is 0 Å². The lowest BCUT2D eigenvalue weighted by atomic mass is 10.3. The minimum Gasteiger partial charge on any atom is -0.493 e. The smallest absolute Gasteiger partial charge is 0.331 e. The Morgan fingerprint density at radius 1 is 1.20 bits per heavy atom. The quantitative estimate of drug-likeness (QED) is 0.667. The predicted molar refractivity (Wildman–Crippen MR) is 73.5 cm³/mol. The molecule has 2 aromatic rings. The molecule has 0 spiro atoms. The van der Waals surface area contributed by atoms with Crippen LogP contribution in [0.25, 0.3) is 0 Å². The summed E-state index contributed by atoms with van der Waals surface area (Å²) in [4.78, 5) is 14.5. The SMILES string of the molecule is CNc1ccc([N+](=O)[O-])c(Oc2ccccc2OC)n1. The van der Waals surface area contributed by atoms with Crippen molar-refractivity contribution in [1.29, 1.82) is 0 Å². The van der Waals surface area contributed by atoms with Crippen LogP contribution < -0.4 is 14.8 Å². The van der Waals surface area contributed by atoms with Crippen LogP contribution in [0.1, 0.15) is 0 Å². The summed E-state index contributed by atoms with van der Waals surface area (Å²) in [6.45, 7) is 0. The summed E-state index contributed by atoms with van der Waals surface area (Å²) in [7, 11) is 3.16. The molecule has 1 N–H and O–H groups in total. The number of pyridine rings is 1. The summed E-state index contributed by atoms with van der Waals surface area (Å²) in [6, 6.07) is 9.71. The molecule has 1 aromatic carbocycles. The Morgan fingerprint density at radius 2 is 1.90 bits per heavy atom. The van der Waals surface area contributed by atoms with E-state index < -0.39 is 4.92 Å². The third-order valence-electron chi connectivity index (χ3n) is 2.57. The Balaban J connectivity index is 2.43. The Hall–Kier alpha value is -2.83. The van der Waals surface area contributed by atoms with E-state index in [2.05, 4.69) is 10.3 Å². The molecular formula is C13H13N3O4. The van der Waals surface area contributed by atoms with E-state index in [4.69, 9.17) is 9.47 Å². The van der Waals surface area contributed by atoms with Gasteiger partial charge in [-0.2, -0.15) is 4.98 Å². The van der Waals surface area contributed by atoms with Gasteiger partial charge >= 0.3 is 11.6 Å². The molecule has 0 saturated carbocycles. The first-order valence-corrected chi connectivity index (χ1v) is 5.79. The number of nitrogens with zero attached hydrogens (tertiary/aromatic N) is 2. The van der Waals surface area contributed by atoms with Crippen molar-refractivity contribution in [2.45, 2.75) is 0 Å². The van der Waals surface area contributed by atoms with E-state index in [9.17, 15) is 10.1 Å². The molecule has 0 saturated heterocycles. The van der Waals surface area contributed by atoms with Crippen molar-refractivity contribution in [2.24, 2.45) is 0 Å². The van der Waals surface area contributed by atoms with Crippen LogP contribution >= 0.6 is 0 Å².